The van der Waals surface area contributed by atoms with Crippen LogP contribution < -0.4 is 9.38 Å². The van der Waals surface area contributed by atoms with Crippen LogP contribution in [0, 0.1) is 0 Å². The van der Waals surface area contributed by atoms with Gasteiger partial charge < -0.3 is 14.7 Å². The number of quaternary nitrogens is 1. The molecule has 2 N–H and O–H groups in total. The van der Waals surface area contributed by atoms with Crippen LogP contribution in [0.3, 0.4) is 0 Å². The number of hydrogen-bond acceptors (Lipinski definition) is 2. The molecule has 5 nitrogen and oxygen atoms in total. The molecule has 0 radical (unpaired) electrons. The molecule has 0 atom stereocenters. The molecule has 4 rings (SSSR count). The van der Waals surface area contributed by atoms with Crippen molar-refractivity contribution in [2.75, 3.05) is 0 Å². The summed E-state index contributed by atoms with van der Waals surface area (Å²) in [6.07, 6.45) is 0. The molecule has 30 heavy (non-hydrogen) atoms. The van der Waals surface area contributed by atoms with Gasteiger partial charge in [-0.1, -0.05) is 72.8 Å². The van der Waals surface area contributed by atoms with E-state index in [9.17, 15) is 0 Å². The molecule has 0 spiro atoms. The summed E-state index contributed by atoms with van der Waals surface area (Å²) in [5.41, 5.74) is 4.86. The van der Waals surface area contributed by atoms with Crippen LogP contribution in [-0.2, 0) is 4.57 Å². The lowest BCUT2D eigenvalue weighted by Gasteiger charge is -2.37. The fraction of sp³-hybridized carbons (Fsp3) is 0. The van der Waals surface area contributed by atoms with E-state index in [2.05, 4.69) is 121 Å². The van der Waals surface area contributed by atoms with E-state index in [1.807, 2.05) is 0 Å². The van der Waals surface area contributed by atoms with Crippen LogP contribution in [0.15, 0.2) is 121 Å². The highest BCUT2D eigenvalue weighted by Gasteiger charge is 2.38. The number of hydrogen-bond donors (Lipinski definition) is 2. The van der Waals surface area contributed by atoms with Crippen LogP contribution in [0.4, 0.5) is 22.7 Å². The van der Waals surface area contributed by atoms with Crippen molar-refractivity contribution < 1.29 is 19.2 Å². The molecule has 0 amide bonds. The van der Waals surface area contributed by atoms with E-state index in [0.29, 0.717) is 4.48 Å². The van der Waals surface area contributed by atoms with Gasteiger partial charge in [0.2, 0.25) is 0 Å². The van der Waals surface area contributed by atoms with E-state index >= 15 is 0 Å². The smallest absolute Gasteiger partial charge is 0.262 e. The van der Waals surface area contributed by atoms with Gasteiger partial charge in [0.25, 0.3) is 7.82 Å². The largest absolute Gasteiger partial charge is 0.756 e. The van der Waals surface area contributed by atoms with Crippen LogP contribution in [0.1, 0.15) is 0 Å². The molecule has 4 aromatic carbocycles. The van der Waals surface area contributed by atoms with Crippen molar-refractivity contribution in [2.45, 2.75) is 0 Å². The Kier molecular flexibility index (Phi) is 6.95. The third kappa shape index (κ3) is 5.10. The maximum Gasteiger partial charge on any atom is 0.262 e. The lowest BCUT2D eigenvalue weighted by atomic mass is 10.1. The Morgan fingerprint density at radius 2 is 0.667 bits per heavy atom. The quantitative estimate of drug-likeness (QED) is 0.342. The van der Waals surface area contributed by atoms with Gasteiger partial charge in [-0.25, -0.2) is 0 Å². The molecule has 4 aromatic rings. The molecule has 0 saturated carbocycles. The topological polar surface area (TPSA) is 80.6 Å². The second-order valence-corrected chi connectivity index (χ2v) is 7.48. The summed E-state index contributed by atoms with van der Waals surface area (Å²) in [6, 6.07) is 42.8. The molecule has 0 aliphatic carbocycles. The molecule has 0 aliphatic heterocycles. The molecule has 0 saturated heterocycles. The van der Waals surface area contributed by atoms with Crippen molar-refractivity contribution in [3.63, 3.8) is 0 Å². The maximum atomic E-state index is 8.77. The molecular formula is C24H22NO4P. The van der Waals surface area contributed by atoms with Gasteiger partial charge in [0, 0.05) is 48.5 Å². The minimum absolute atomic E-state index is 0.559. The zero-order valence-electron chi connectivity index (χ0n) is 16.2. The van der Waals surface area contributed by atoms with Crippen molar-refractivity contribution in [1.29, 1.82) is 0 Å². The molecule has 0 heterocycles. The number of rotatable bonds is 4. The van der Waals surface area contributed by atoms with Crippen LogP contribution >= 0.6 is 7.82 Å². The van der Waals surface area contributed by atoms with Gasteiger partial charge in [0.15, 0.2) is 0 Å². The molecule has 0 aromatic heterocycles. The Morgan fingerprint density at radius 3 is 0.833 bits per heavy atom. The van der Waals surface area contributed by atoms with E-state index in [-0.39, 0.29) is 0 Å². The van der Waals surface area contributed by atoms with E-state index in [1.165, 1.54) is 22.7 Å². The Morgan fingerprint density at radius 1 is 0.500 bits per heavy atom. The molecule has 0 fully saturated rings. The fourth-order valence-electron chi connectivity index (χ4n) is 3.50. The standard InChI is InChI=1S/C24H20N.H3O4P/c1-5-13-21(14-6-1)25(22-15-7-2-8-16-22,23-17-9-3-10-18-23)24-19-11-4-12-20-24;1-5(2,3)4/h1-20H;(H3,1,2,3,4)/q+1;/p-1. The van der Waals surface area contributed by atoms with Crippen LogP contribution in [0.2, 0.25) is 0 Å². The van der Waals surface area contributed by atoms with E-state index in [0.717, 1.165) is 0 Å². The summed E-state index contributed by atoms with van der Waals surface area (Å²) in [7, 11) is -4.89. The van der Waals surface area contributed by atoms with Crippen molar-refractivity contribution in [1.82, 2.24) is 4.48 Å². The Labute approximate surface area is 176 Å². The van der Waals surface area contributed by atoms with Gasteiger partial charge >= 0.3 is 0 Å². The van der Waals surface area contributed by atoms with Gasteiger partial charge in [-0.3, -0.25) is 4.57 Å². The van der Waals surface area contributed by atoms with Crippen LogP contribution in [-0.4, -0.2) is 9.79 Å². The van der Waals surface area contributed by atoms with E-state index in [1.54, 1.807) is 0 Å². The highest BCUT2D eigenvalue weighted by atomic mass is 31.2. The Bertz CT molecular complexity index is 913. The second kappa shape index (κ2) is 9.63. The average molecular weight is 419 g/mol. The number of nitrogens with zero attached hydrogens (tertiary/aromatic N) is 1. The lowest BCUT2D eigenvalue weighted by molar-refractivity contribution is -0.214. The van der Waals surface area contributed by atoms with Gasteiger partial charge in [0.1, 0.15) is 22.7 Å². The van der Waals surface area contributed by atoms with Crippen LogP contribution in [0.25, 0.3) is 0 Å². The molecule has 152 valence electrons. The van der Waals surface area contributed by atoms with Crippen molar-refractivity contribution in [3.05, 3.63) is 121 Å². The van der Waals surface area contributed by atoms with Crippen LogP contribution in [0.5, 0.6) is 0 Å². The van der Waals surface area contributed by atoms with Gasteiger partial charge in [-0.2, -0.15) is 4.48 Å². The van der Waals surface area contributed by atoms with Gasteiger partial charge in [0.05, 0.1) is 0 Å². The predicted molar refractivity (Wildman–Crippen MR) is 119 cm³/mol. The first-order valence-electron chi connectivity index (χ1n) is 9.30. The summed E-state index contributed by atoms with van der Waals surface area (Å²) < 4.78 is 9.33. The number of phosphoric acid groups is 1. The average Bonchev–Trinajstić information content (AvgIpc) is 2.76. The summed E-state index contributed by atoms with van der Waals surface area (Å²) in [5, 5.41) is 0. The lowest BCUT2D eigenvalue weighted by Crippen LogP contribution is -2.33. The zero-order valence-corrected chi connectivity index (χ0v) is 17.0. The summed E-state index contributed by atoms with van der Waals surface area (Å²) in [5.74, 6) is 0. The van der Waals surface area contributed by atoms with E-state index < -0.39 is 7.82 Å². The van der Waals surface area contributed by atoms with E-state index in [4.69, 9.17) is 19.2 Å². The predicted octanol–water partition coefficient (Wildman–Crippen LogP) is 5.43. The first-order valence-corrected chi connectivity index (χ1v) is 10.8. The van der Waals surface area contributed by atoms with Gasteiger partial charge in [-0.15, -0.1) is 0 Å². The van der Waals surface area contributed by atoms with Crippen molar-refractivity contribution in [2.24, 2.45) is 0 Å². The summed E-state index contributed by atoms with van der Waals surface area (Å²) in [6.45, 7) is 0. The van der Waals surface area contributed by atoms with Gasteiger partial charge in [-0.05, 0) is 0 Å². The fourth-order valence-corrected chi connectivity index (χ4v) is 3.50. The Balaban J connectivity index is 0.000000461. The second-order valence-electron chi connectivity index (χ2n) is 6.50. The summed E-state index contributed by atoms with van der Waals surface area (Å²) in [4.78, 5) is 22.9. The molecular weight excluding hydrogens is 397 g/mol. The monoisotopic (exact) mass is 419 g/mol. The number of benzene rings is 4. The SMILES string of the molecule is O=P([O-])(O)O.c1ccc([N+](c2ccccc2)(c2ccccc2)c2ccccc2)cc1. The Hall–Kier alpha value is -3.05. The third-order valence-electron chi connectivity index (χ3n) is 4.57. The molecule has 0 unspecified atom stereocenters. The maximum absolute atomic E-state index is 8.77. The molecule has 0 bridgehead atoms. The first kappa shape index (κ1) is 21.7. The zero-order chi connectivity index (χ0) is 21.5. The first-order chi connectivity index (χ1) is 14.4. The van der Waals surface area contributed by atoms with Crippen molar-refractivity contribution in [3.8, 4) is 0 Å². The minimum atomic E-state index is -4.89. The third-order valence-corrected chi connectivity index (χ3v) is 4.57. The van der Waals surface area contributed by atoms with Crippen molar-refractivity contribution >= 4 is 30.6 Å². The number of para-hydroxylation sites is 4. The summed E-state index contributed by atoms with van der Waals surface area (Å²) >= 11 is 0. The highest BCUT2D eigenvalue weighted by molar-refractivity contribution is 7.43. The molecule has 0 aliphatic rings. The minimum Gasteiger partial charge on any atom is -0.756 e. The highest BCUT2D eigenvalue weighted by Crippen LogP contribution is 2.50. The normalized spacial score (nSPS) is 11.3. The molecule has 6 heteroatoms.